The molecule has 0 saturated carbocycles. The third kappa shape index (κ3) is 3.98. The first kappa shape index (κ1) is 12.6. The van der Waals surface area contributed by atoms with Crippen molar-refractivity contribution < 1.29 is 4.79 Å². The maximum Gasteiger partial charge on any atom is 0.242 e. The molecule has 0 saturated heterocycles. The second-order valence-electron chi connectivity index (χ2n) is 4.39. The van der Waals surface area contributed by atoms with Crippen molar-refractivity contribution in [2.45, 2.75) is 33.2 Å². The number of aromatic nitrogens is 1. The van der Waals surface area contributed by atoms with Crippen LogP contribution in [0, 0.1) is 12.8 Å². The first-order valence-corrected chi connectivity index (χ1v) is 5.49. The minimum absolute atomic E-state index is 0.174. The van der Waals surface area contributed by atoms with Gasteiger partial charge in [-0.25, -0.2) is 4.98 Å². The van der Waals surface area contributed by atoms with Gasteiger partial charge in [0.05, 0.1) is 6.04 Å². The van der Waals surface area contributed by atoms with Crippen molar-refractivity contribution in [2.75, 3.05) is 5.32 Å². The Labute approximate surface area is 96.3 Å². The summed E-state index contributed by atoms with van der Waals surface area (Å²) in [4.78, 5) is 15.9. The zero-order valence-corrected chi connectivity index (χ0v) is 10.0. The highest BCUT2D eigenvalue weighted by atomic mass is 16.2. The number of rotatable bonds is 4. The molecule has 1 aromatic rings. The number of aryl methyl sites for hydroxylation is 1. The predicted octanol–water partition coefficient (Wildman–Crippen LogP) is 1.70. The smallest absolute Gasteiger partial charge is 0.242 e. The van der Waals surface area contributed by atoms with E-state index in [0.29, 0.717) is 18.2 Å². The van der Waals surface area contributed by atoms with Crippen LogP contribution in [0.3, 0.4) is 0 Å². The normalized spacial score (nSPS) is 12.6. The van der Waals surface area contributed by atoms with Crippen LogP contribution in [0.4, 0.5) is 5.82 Å². The van der Waals surface area contributed by atoms with Crippen molar-refractivity contribution in [3.63, 3.8) is 0 Å². The minimum atomic E-state index is -0.470. The van der Waals surface area contributed by atoms with E-state index in [1.54, 1.807) is 6.07 Å². The number of carbonyl (C=O) groups is 1. The number of hydrogen-bond acceptors (Lipinski definition) is 3. The summed E-state index contributed by atoms with van der Waals surface area (Å²) >= 11 is 0. The third-order valence-corrected chi connectivity index (χ3v) is 2.20. The van der Waals surface area contributed by atoms with Gasteiger partial charge in [-0.1, -0.05) is 19.9 Å². The van der Waals surface area contributed by atoms with Crippen LogP contribution in [0.25, 0.3) is 0 Å². The summed E-state index contributed by atoms with van der Waals surface area (Å²) in [6, 6.07) is 5.02. The molecule has 0 unspecified atom stereocenters. The molecule has 0 radical (unpaired) electrons. The van der Waals surface area contributed by atoms with Gasteiger partial charge < -0.3 is 11.1 Å². The van der Waals surface area contributed by atoms with Gasteiger partial charge in [-0.3, -0.25) is 4.79 Å². The van der Waals surface area contributed by atoms with Gasteiger partial charge in [0, 0.05) is 5.69 Å². The van der Waals surface area contributed by atoms with Crippen LogP contribution < -0.4 is 11.1 Å². The summed E-state index contributed by atoms with van der Waals surface area (Å²) in [6.45, 7) is 5.96. The van der Waals surface area contributed by atoms with E-state index in [2.05, 4.69) is 10.3 Å². The van der Waals surface area contributed by atoms with Crippen molar-refractivity contribution in [3.05, 3.63) is 23.9 Å². The SMILES string of the molecule is Cc1cccc(NC(=O)[C@@H](N)CC(C)C)n1. The quantitative estimate of drug-likeness (QED) is 0.813. The highest BCUT2D eigenvalue weighted by molar-refractivity contribution is 5.93. The topological polar surface area (TPSA) is 68.0 Å². The van der Waals surface area contributed by atoms with E-state index in [4.69, 9.17) is 5.73 Å². The minimum Gasteiger partial charge on any atom is -0.320 e. The predicted molar refractivity (Wildman–Crippen MR) is 65.0 cm³/mol. The van der Waals surface area contributed by atoms with Gasteiger partial charge in [0.2, 0.25) is 5.91 Å². The Morgan fingerprint density at radius 3 is 2.75 bits per heavy atom. The molecule has 1 heterocycles. The Bertz CT molecular complexity index is 363. The van der Waals surface area contributed by atoms with Crippen LogP contribution in [0.1, 0.15) is 26.0 Å². The van der Waals surface area contributed by atoms with Crippen molar-refractivity contribution in [3.8, 4) is 0 Å². The van der Waals surface area contributed by atoms with E-state index in [1.165, 1.54) is 0 Å². The fourth-order valence-electron chi connectivity index (χ4n) is 1.45. The molecule has 1 rings (SSSR count). The Balaban J connectivity index is 2.57. The molecule has 3 N–H and O–H groups in total. The summed E-state index contributed by atoms with van der Waals surface area (Å²) in [5.74, 6) is 0.794. The summed E-state index contributed by atoms with van der Waals surface area (Å²) in [6.07, 6.45) is 0.678. The molecule has 1 amide bonds. The fourth-order valence-corrected chi connectivity index (χ4v) is 1.45. The summed E-state index contributed by atoms with van der Waals surface area (Å²) < 4.78 is 0. The van der Waals surface area contributed by atoms with Gasteiger partial charge in [-0.05, 0) is 31.4 Å². The van der Waals surface area contributed by atoms with Crippen LogP contribution >= 0.6 is 0 Å². The van der Waals surface area contributed by atoms with Gasteiger partial charge in [-0.2, -0.15) is 0 Å². The average molecular weight is 221 g/mol. The maximum atomic E-state index is 11.7. The molecule has 0 fully saturated rings. The lowest BCUT2D eigenvalue weighted by atomic mass is 10.0. The average Bonchev–Trinajstić information content (AvgIpc) is 2.16. The van der Waals surface area contributed by atoms with E-state index >= 15 is 0 Å². The molecule has 1 aromatic heterocycles. The van der Waals surface area contributed by atoms with Crippen LogP contribution in [0.15, 0.2) is 18.2 Å². The number of hydrogen-bond donors (Lipinski definition) is 2. The summed E-state index contributed by atoms with van der Waals surface area (Å²) in [5, 5.41) is 2.71. The Morgan fingerprint density at radius 1 is 1.50 bits per heavy atom. The van der Waals surface area contributed by atoms with Crippen molar-refractivity contribution >= 4 is 11.7 Å². The molecule has 88 valence electrons. The van der Waals surface area contributed by atoms with E-state index in [-0.39, 0.29) is 5.91 Å². The first-order valence-electron chi connectivity index (χ1n) is 5.49. The van der Waals surface area contributed by atoms with E-state index in [0.717, 1.165) is 5.69 Å². The number of nitrogens with one attached hydrogen (secondary N) is 1. The lowest BCUT2D eigenvalue weighted by Gasteiger charge is -2.13. The second-order valence-corrected chi connectivity index (χ2v) is 4.39. The molecule has 16 heavy (non-hydrogen) atoms. The lowest BCUT2D eigenvalue weighted by Crippen LogP contribution is -2.36. The maximum absolute atomic E-state index is 11.7. The zero-order chi connectivity index (χ0) is 12.1. The second kappa shape index (κ2) is 5.61. The van der Waals surface area contributed by atoms with Crippen LogP contribution in [-0.4, -0.2) is 16.9 Å². The zero-order valence-electron chi connectivity index (χ0n) is 10.0. The molecule has 1 atom stereocenters. The molecule has 0 bridgehead atoms. The number of carbonyl (C=O) groups excluding carboxylic acids is 1. The molecular formula is C12H19N3O. The number of pyridine rings is 1. The van der Waals surface area contributed by atoms with Gasteiger partial charge in [-0.15, -0.1) is 0 Å². The number of nitrogens with zero attached hydrogens (tertiary/aromatic N) is 1. The molecule has 0 aliphatic rings. The molecule has 0 aromatic carbocycles. The Morgan fingerprint density at radius 2 is 2.19 bits per heavy atom. The van der Waals surface area contributed by atoms with Gasteiger partial charge >= 0.3 is 0 Å². The Kier molecular flexibility index (Phi) is 4.43. The fraction of sp³-hybridized carbons (Fsp3) is 0.500. The van der Waals surface area contributed by atoms with E-state index in [9.17, 15) is 4.79 Å². The number of anilines is 1. The van der Waals surface area contributed by atoms with Crippen LogP contribution in [-0.2, 0) is 4.79 Å². The molecular weight excluding hydrogens is 202 g/mol. The summed E-state index contributed by atoms with van der Waals surface area (Å²) in [7, 11) is 0. The number of nitrogens with two attached hydrogens (primary N) is 1. The third-order valence-electron chi connectivity index (χ3n) is 2.20. The van der Waals surface area contributed by atoms with Crippen LogP contribution in [0.2, 0.25) is 0 Å². The van der Waals surface area contributed by atoms with Gasteiger partial charge in [0.15, 0.2) is 0 Å². The van der Waals surface area contributed by atoms with Crippen molar-refractivity contribution in [1.82, 2.24) is 4.98 Å². The monoisotopic (exact) mass is 221 g/mol. The van der Waals surface area contributed by atoms with Crippen molar-refractivity contribution in [2.24, 2.45) is 11.7 Å². The molecule has 4 heteroatoms. The van der Waals surface area contributed by atoms with E-state index < -0.39 is 6.04 Å². The highest BCUT2D eigenvalue weighted by Crippen LogP contribution is 2.07. The van der Waals surface area contributed by atoms with E-state index in [1.807, 2.05) is 32.9 Å². The molecule has 0 aliphatic carbocycles. The highest BCUT2D eigenvalue weighted by Gasteiger charge is 2.15. The molecule has 0 spiro atoms. The largest absolute Gasteiger partial charge is 0.320 e. The van der Waals surface area contributed by atoms with Crippen LogP contribution in [0.5, 0.6) is 0 Å². The lowest BCUT2D eigenvalue weighted by molar-refractivity contribution is -0.117. The van der Waals surface area contributed by atoms with Crippen molar-refractivity contribution in [1.29, 1.82) is 0 Å². The first-order chi connectivity index (χ1) is 7.49. The summed E-state index contributed by atoms with van der Waals surface area (Å²) in [5.41, 5.74) is 6.63. The standard InChI is InChI=1S/C12H19N3O/c1-8(2)7-10(13)12(16)15-11-6-4-5-9(3)14-11/h4-6,8,10H,7,13H2,1-3H3,(H,14,15,16)/t10-/m0/s1. The molecule has 0 aliphatic heterocycles. The molecule has 4 nitrogen and oxygen atoms in total. The number of amides is 1. The Hall–Kier alpha value is -1.42. The van der Waals surface area contributed by atoms with Gasteiger partial charge in [0.1, 0.15) is 5.82 Å². The van der Waals surface area contributed by atoms with Gasteiger partial charge in [0.25, 0.3) is 0 Å².